The molecule has 0 radical (unpaired) electrons. The minimum absolute atomic E-state index is 0.270. The van der Waals surface area contributed by atoms with E-state index in [0.29, 0.717) is 19.8 Å². The fourth-order valence-electron chi connectivity index (χ4n) is 1.04. The van der Waals surface area contributed by atoms with Gasteiger partial charge in [0.25, 0.3) is 0 Å². The van der Waals surface area contributed by atoms with Gasteiger partial charge in [-0.1, -0.05) is 0 Å². The van der Waals surface area contributed by atoms with E-state index < -0.39 is 6.09 Å². The molecule has 1 unspecified atom stereocenters. The summed E-state index contributed by atoms with van der Waals surface area (Å²) in [5.74, 6) is 4.94. The minimum Gasteiger partial charge on any atom is -0.465 e. The Morgan fingerprint density at radius 2 is 2.50 bits per heavy atom. The number of nitrogens with zero attached hydrogens (tertiary/aromatic N) is 1. The highest BCUT2D eigenvalue weighted by atomic mass is 16.6. The van der Waals surface area contributed by atoms with Crippen molar-refractivity contribution in [2.75, 3.05) is 26.3 Å². The fourth-order valence-corrected chi connectivity index (χ4v) is 1.04. The Morgan fingerprint density at radius 3 is 3.08 bits per heavy atom. The Labute approximate surface area is 69.8 Å². The van der Waals surface area contributed by atoms with Gasteiger partial charge in [-0.2, -0.15) is 0 Å². The van der Waals surface area contributed by atoms with Crippen molar-refractivity contribution >= 4 is 6.09 Å². The standard InChI is InChI=1S/C6H12N2O4/c7-12-5-3-8(6(9)10)1-2-11-4-5/h5H,1-4,7H2,(H,9,10). The summed E-state index contributed by atoms with van der Waals surface area (Å²) in [5.41, 5.74) is 0. The fraction of sp³-hybridized carbons (Fsp3) is 0.833. The van der Waals surface area contributed by atoms with Gasteiger partial charge in [0, 0.05) is 6.54 Å². The second-order valence-corrected chi connectivity index (χ2v) is 2.56. The third-order valence-electron chi connectivity index (χ3n) is 1.70. The van der Waals surface area contributed by atoms with E-state index in [-0.39, 0.29) is 12.6 Å². The zero-order chi connectivity index (χ0) is 8.97. The molecule has 12 heavy (non-hydrogen) atoms. The number of carbonyl (C=O) groups is 1. The summed E-state index contributed by atoms with van der Waals surface area (Å²) in [4.78, 5) is 16.3. The van der Waals surface area contributed by atoms with E-state index in [1.54, 1.807) is 0 Å². The largest absolute Gasteiger partial charge is 0.465 e. The summed E-state index contributed by atoms with van der Waals surface area (Å²) in [6.45, 7) is 1.38. The molecule has 6 heteroatoms. The van der Waals surface area contributed by atoms with Crippen LogP contribution in [-0.4, -0.2) is 48.5 Å². The maximum absolute atomic E-state index is 10.5. The van der Waals surface area contributed by atoms with Crippen molar-refractivity contribution in [1.82, 2.24) is 4.90 Å². The van der Waals surface area contributed by atoms with E-state index in [0.717, 1.165) is 0 Å². The maximum atomic E-state index is 10.5. The molecular formula is C6H12N2O4. The van der Waals surface area contributed by atoms with Gasteiger partial charge in [0.1, 0.15) is 6.10 Å². The van der Waals surface area contributed by atoms with Crippen LogP contribution in [0.4, 0.5) is 4.79 Å². The summed E-state index contributed by atoms with van der Waals surface area (Å²) in [5, 5.41) is 8.65. The molecule has 1 aliphatic heterocycles. The number of rotatable bonds is 1. The van der Waals surface area contributed by atoms with E-state index >= 15 is 0 Å². The third kappa shape index (κ3) is 2.33. The van der Waals surface area contributed by atoms with Crippen molar-refractivity contribution in [3.8, 4) is 0 Å². The second-order valence-electron chi connectivity index (χ2n) is 2.56. The van der Waals surface area contributed by atoms with Crippen molar-refractivity contribution in [3.63, 3.8) is 0 Å². The van der Waals surface area contributed by atoms with Gasteiger partial charge in [-0.3, -0.25) is 4.84 Å². The molecule has 0 aromatic carbocycles. The zero-order valence-corrected chi connectivity index (χ0v) is 6.60. The molecule has 0 aliphatic carbocycles. The lowest BCUT2D eigenvalue weighted by atomic mass is 10.3. The average Bonchev–Trinajstić information content (AvgIpc) is 2.28. The van der Waals surface area contributed by atoms with Crippen LogP contribution in [0, 0.1) is 0 Å². The summed E-state index contributed by atoms with van der Waals surface area (Å²) in [6, 6.07) is 0. The molecule has 0 aromatic heterocycles. The van der Waals surface area contributed by atoms with Crippen LogP contribution in [0.1, 0.15) is 0 Å². The second kappa shape index (κ2) is 4.24. The normalized spacial score (nSPS) is 25.1. The maximum Gasteiger partial charge on any atom is 0.407 e. The molecule has 1 fully saturated rings. The van der Waals surface area contributed by atoms with Gasteiger partial charge in [-0.05, 0) is 0 Å². The average molecular weight is 176 g/mol. The first-order chi connectivity index (χ1) is 5.74. The van der Waals surface area contributed by atoms with Crippen molar-refractivity contribution < 1.29 is 19.5 Å². The molecule has 1 amide bonds. The summed E-state index contributed by atoms with van der Waals surface area (Å²) in [6.07, 6.45) is -1.33. The lowest BCUT2D eigenvalue weighted by molar-refractivity contribution is -0.00631. The van der Waals surface area contributed by atoms with Crippen LogP contribution < -0.4 is 5.90 Å². The van der Waals surface area contributed by atoms with Crippen molar-refractivity contribution in [2.45, 2.75) is 6.10 Å². The van der Waals surface area contributed by atoms with Gasteiger partial charge in [0.15, 0.2) is 0 Å². The number of ether oxygens (including phenoxy) is 1. The highest BCUT2D eigenvalue weighted by molar-refractivity contribution is 5.64. The quantitative estimate of drug-likeness (QED) is 0.514. The van der Waals surface area contributed by atoms with E-state index in [1.807, 2.05) is 0 Å². The van der Waals surface area contributed by atoms with Gasteiger partial charge < -0.3 is 14.7 Å². The molecule has 0 spiro atoms. The molecule has 3 N–H and O–H groups in total. The van der Waals surface area contributed by atoms with Crippen LogP contribution in [0.25, 0.3) is 0 Å². The number of nitrogens with two attached hydrogens (primary N) is 1. The number of hydrogen-bond acceptors (Lipinski definition) is 4. The Balaban J connectivity index is 2.47. The number of amides is 1. The Kier molecular flexibility index (Phi) is 3.27. The zero-order valence-electron chi connectivity index (χ0n) is 6.60. The van der Waals surface area contributed by atoms with Gasteiger partial charge in [0.2, 0.25) is 0 Å². The van der Waals surface area contributed by atoms with E-state index in [2.05, 4.69) is 4.84 Å². The summed E-state index contributed by atoms with van der Waals surface area (Å²) >= 11 is 0. The highest BCUT2D eigenvalue weighted by Gasteiger charge is 2.21. The molecule has 0 saturated carbocycles. The van der Waals surface area contributed by atoms with Crippen molar-refractivity contribution in [2.24, 2.45) is 5.90 Å². The van der Waals surface area contributed by atoms with Gasteiger partial charge in [0.05, 0.1) is 19.8 Å². The first-order valence-corrected chi connectivity index (χ1v) is 3.65. The molecule has 1 saturated heterocycles. The van der Waals surface area contributed by atoms with E-state index in [1.165, 1.54) is 4.90 Å². The number of carboxylic acid groups (broad SMARTS) is 1. The molecular weight excluding hydrogens is 164 g/mol. The first kappa shape index (κ1) is 9.24. The molecule has 1 atom stereocenters. The van der Waals surface area contributed by atoms with Crippen LogP contribution in [-0.2, 0) is 9.57 Å². The van der Waals surface area contributed by atoms with Crippen LogP contribution in [0.2, 0.25) is 0 Å². The molecule has 70 valence electrons. The highest BCUT2D eigenvalue weighted by Crippen LogP contribution is 2.01. The van der Waals surface area contributed by atoms with Crippen LogP contribution >= 0.6 is 0 Å². The van der Waals surface area contributed by atoms with E-state index in [4.69, 9.17) is 15.7 Å². The number of hydrogen-bond donors (Lipinski definition) is 2. The monoisotopic (exact) mass is 176 g/mol. The van der Waals surface area contributed by atoms with E-state index in [9.17, 15) is 4.79 Å². The van der Waals surface area contributed by atoms with Gasteiger partial charge >= 0.3 is 6.09 Å². The molecule has 6 nitrogen and oxygen atoms in total. The third-order valence-corrected chi connectivity index (χ3v) is 1.70. The minimum atomic E-state index is -0.970. The Morgan fingerprint density at radius 1 is 1.75 bits per heavy atom. The molecule has 0 bridgehead atoms. The van der Waals surface area contributed by atoms with Gasteiger partial charge in [-0.15, -0.1) is 0 Å². The summed E-state index contributed by atoms with van der Waals surface area (Å²) < 4.78 is 5.07. The molecule has 1 rings (SSSR count). The first-order valence-electron chi connectivity index (χ1n) is 3.65. The van der Waals surface area contributed by atoms with Crippen molar-refractivity contribution in [1.29, 1.82) is 0 Å². The summed E-state index contributed by atoms with van der Waals surface area (Å²) in [7, 11) is 0. The predicted octanol–water partition coefficient (Wildman–Crippen LogP) is -0.744. The smallest absolute Gasteiger partial charge is 0.407 e. The topological polar surface area (TPSA) is 85.0 Å². The molecule has 0 aromatic rings. The molecule has 1 aliphatic rings. The van der Waals surface area contributed by atoms with Crippen LogP contribution in [0.5, 0.6) is 0 Å². The molecule has 1 heterocycles. The lowest BCUT2D eigenvalue weighted by Crippen LogP contribution is -2.38. The lowest BCUT2D eigenvalue weighted by Gasteiger charge is -2.18. The Bertz CT molecular complexity index is 164. The van der Waals surface area contributed by atoms with Gasteiger partial charge in [-0.25, -0.2) is 10.7 Å². The Hall–Kier alpha value is -0.850. The predicted molar refractivity (Wildman–Crippen MR) is 39.5 cm³/mol. The SMILES string of the molecule is NOC1COCCN(C(=O)O)C1. The van der Waals surface area contributed by atoms with Crippen LogP contribution in [0.15, 0.2) is 0 Å². The van der Waals surface area contributed by atoms with Crippen LogP contribution in [0.3, 0.4) is 0 Å². The van der Waals surface area contributed by atoms with Crippen molar-refractivity contribution in [3.05, 3.63) is 0 Å².